The Morgan fingerprint density at radius 1 is 1.36 bits per heavy atom. The molecule has 11 heavy (non-hydrogen) atoms. The van der Waals surface area contributed by atoms with Crippen molar-refractivity contribution in [3.63, 3.8) is 0 Å². The topological polar surface area (TPSA) is 83.0 Å². The van der Waals surface area contributed by atoms with E-state index in [0.29, 0.717) is 17.3 Å². The lowest BCUT2D eigenvalue weighted by molar-refractivity contribution is 0.773. The number of nitrogen functional groups attached to an aromatic ring is 3. The summed E-state index contributed by atoms with van der Waals surface area (Å²) in [5.74, 6) is 5.90. The molecule has 62 valence electrons. The number of aromatic nitrogens is 1. The van der Waals surface area contributed by atoms with Crippen LogP contribution in [0.15, 0.2) is 6.20 Å². The molecule has 4 nitrogen and oxygen atoms in total. The lowest BCUT2D eigenvalue weighted by Crippen LogP contribution is -2.12. The quantitative estimate of drug-likeness (QED) is 0.515. The average molecular weight is 154 g/mol. The second-order valence-electron chi connectivity index (χ2n) is 2.95. The van der Waals surface area contributed by atoms with E-state index in [9.17, 15) is 0 Å². The Labute approximate surface area is 65.9 Å². The number of hydrogen-bond donors (Lipinski definition) is 3. The Hall–Kier alpha value is -1.32. The minimum atomic E-state index is 0.303. The van der Waals surface area contributed by atoms with Crippen LogP contribution < -0.4 is 17.3 Å². The molecule has 6 N–H and O–H groups in total. The van der Waals surface area contributed by atoms with E-state index in [0.717, 1.165) is 5.69 Å². The Morgan fingerprint density at radius 3 is 2.09 bits per heavy atom. The summed E-state index contributed by atoms with van der Waals surface area (Å²) in [4.78, 5) is 0. The zero-order valence-corrected chi connectivity index (χ0v) is 6.83. The van der Waals surface area contributed by atoms with Gasteiger partial charge in [-0.05, 0) is 5.92 Å². The molecule has 0 aliphatic carbocycles. The van der Waals surface area contributed by atoms with Crippen molar-refractivity contribution in [2.75, 3.05) is 17.3 Å². The minimum absolute atomic E-state index is 0.303. The highest BCUT2D eigenvalue weighted by molar-refractivity contribution is 5.67. The Balaban J connectivity index is 3.22. The third-order valence-corrected chi connectivity index (χ3v) is 1.69. The van der Waals surface area contributed by atoms with Crippen molar-refractivity contribution >= 4 is 11.4 Å². The van der Waals surface area contributed by atoms with Crippen LogP contribution in [0.4, 0.5) is 11.4 Å². The van der Waals surface area contributed by atoms with Crippen LogP contribution >= 0.6 is 0 Å². The molecule has 4 heteroatoms. The standard InChI is InChI=1S/C7H14N4/c1-4(2)7-6(9)5(8)3-11(7)10/h3-4H,8-10H2,1-2H3. The molecule has 1 aromatic heterocycles. The van der Waals surface area contributed by atoms with Gasteiger partial charge < -0.3 is 17.3 Å². The fraction of sp³-hybridized carbons (Fsp3) is 0.429. The normalized spacial score (nSPS) is 10.8. The monoisotopic (exact) mass is 154 g/mol. The van der Waals surface area contributed by atoms with Crippen molar-refractivity contribution in [3.8, 4) is 0 Å². The Bertz CT molecular complexity index is 262. The van der Waals surface area contributed by atoms with Crippen LogP contribution in [0.1, 0.15) is 25.5 Å². The maximum Gasteiger partial charge on any atom is 0.0784 e. The SMILES string of the molecule is CC(C)c1c(N)c(N)cn1N. The van der Waals surface area contributed by atoms with Crippen LogP contribution in [-0.2, 0) is 0 Å². The summed E-state index contributed by atoms with van der Waals surface area (Å²) in [5.41, 5.74) is 13.3. The lowest BCUT2D eigenvalue weighted by atomic mass is 10.1. The molecule has 1 heterocycles. The summed E-state index contributed by atoms with van der Waals surface area (Å²) < 4.78 is 1.48. The predicted octanol–water partition coefficient (Wildman–Crippen LogP) is 0.490. The van der Waals surface area contributed by atoms with Crippen molar-refractivity contribution in [1.82, 2.24) is 4.68 Å². The maximum atomic E-state index is 5.68. The number of nitrogens with zero attached hydrogens (tertiary/aromatic N) is 1. The molecule has 0 fully saturated rings. The Morgan fingerprint density at radius 2 is 1.91 bits per heavy atom. The van der Waals surface area contributed by atoms with E-state index in [2.05, 4.69) is 0 Å². The number of nitrogens with two attached hydrogens (primary N) is 3. The summed E-state index contributed by atoms with van der Waals surface area (Å²) in [6.07, 6.45) is 1.63. The second-order valence-corrected chi connectivity index (χ2v) is 2.95. The first-order valence-corrected chi connectivity index (χ1v) is 3.55. The van der Waals surface area contributed by atoms with Gasteiger partial charge in [-0.2, -0.15) is 0 Å². The summed E-state index contributed by atoms with van der Waals surface area (Å²) in [7, 11) is 0. The van der Waals surface area contributed by atoms with Gasteiger partial charge in [0.05, 0.1) is 23.3 Å². The molecule has 0 amide bonds. The summed E-state index contributed by atoms with van der Waals surface area (Å²) in [5, 5.41) is 0. The molecule has 0 aromatic carbocycles. The zero-order valence-electron chi connectivity index (χ0n) is 6.83. The van der Waals surface area contributed by atoms with E-state index in [-0.39, 0.29) is 0 Å². The van der Waals surface area contributed by atoms with E-state index in [1.807, 2.05) is 13.8 Å². The van der Waals surface area contributed by atoms with E-state index in [4.69, 9.17) is 17.3 Å². The van der Waals surface area contributed by atoms with Crippen molar-refractivity contribution in [2.24, 2.45) is 0 Å². The summed E-state index contributed by atoms with van der Waals surface area (Å²) in [6, 6.07) is 0. The molecular formula is C7H14N4. The van der Waals surface area contributed by atoms with Gasteiger partial charge in [0.15, 0.2) is 0 Å². The maximum absolute atomic E-state index is 5.68. The highest BCUT2D eigenvalue weighted by Gasteiger charge is 2.11. The van der Waals surface area contributed by atoms with Crippen molar-refractivity contribution < 1.29 is 0 Å². The van der Waals surface area contributed by atoms with Crippen molar-refractivity contribution in [2.45, 2.75) is 19.8 Å². The van der Waals surface area contributed by atoms with Gasteiger partial charge in [-0.3, -0.25) is 4.68 Å². The number of hydrogen-bond acceptors (Lipinski definition) is 3. The molecule has 0 bridgehead atoms. The van der Waals surface area contributed by atoms with Crippen LogP contribution in [0.2, 0.25) is 0 Å². The van der Waals surface area contributed by atoms with Crippen LogP contribution in [0, 0.1) is 0 Å². The second kappa shape index (κ2) is 2.38. The Kier molecular flexibility index (Phi) is 1.68. The minimum Gasteiger partial charge on any atom is -0.396 e. The molecule has 0 aliphatic rings. The van der Waals surface area contributed by atoms with Crippen LogP contribution in [0.5, 0.6) is 0 Å². The molecule has 0 saturated carbocycles. The third kappa shape index (κ3) is 1.11. The van der Waals surface area contributed by atoms with Crippen molar-refractivity contribution in [3.05, 3.63) is 11.9 Å². The van der Waals surface area contributed by atoms with Gasteiger partial charge in [0.2, 0.25) is 0 Å². The van der Waals surface area contributed by atoms with Gasteiger partial charge in [-0.1, -0.05) is 13.8 Å². The number of rotatable bonds is 1. The van der Waals surface area contributed by atoms with E-state index < -0.39 is 0 Å². The molecule has 1 rings (SSSR count). The lowest BCUT2D eigenvalue weighted by Gasteiger charge is -2.07. The van der Waals surface area contributed by atoms with E-state index in [1.165, 1.54) is 4.68 Å². The zero-order chi connectivity index (χ0) is 8.59. The largest absolute Gasteiger partial charge is 0.396 e. The van der Waals surface area contributed by atoms with Gasteiger partial charge >= 0.3 is 0 Å². The fourth-order valence-corrected chi connectivity index (χ4v) is 1.19. The van der Waals surface area contributed by atoms with Gasteiger partial charge in [0, 0.05) is 0 Å². The third-order valence-electron chi connectivity index (χ3n) is 1.69. The first-order chi connectivity index (χ1) is 5.04. The molecule has 0 saturated heterocycles. The van der Waals surface area contributed by atoms with Crippen LogP contribution in [0.25, 0.3) is 0 Å². The average Bonchev–Trinajstić information content (AvgIpc) is 2.07. The van der Waals surface area contributed by atoms with Gasteiger partial charge in [-0.25, -0.2) is 0 Å². The molecule has 1 aromatic rings. The predicted molar refractivity (Wildman–Crippen MR) is 47.5 cm³/mol. The molecule has 0 spiro atoms. The first kappa shape index (κ1) is 7.78. The fourth-order valence-electron chi connectivity index (χ4n) is 1.19. The van der Waals surface area contributed by atoms with Crippen LogP contribution in [0.3, 0.4) is 0 Å². The molecule has 0 aliphatic heterocycles. The number of anilines is 2. The molecule has 0 radical (unpaired) electrons. The highest BCUT2D eigenvalue weighted by Crippen LogP contribution is 2.26. The smallest absolute Gasteiger partial charge is 0.0784 e. The molecular weight excluding hydrogens is 140 g/mol. The van der Waals surface area contributed by atoms with Gasteiger partial charge in [-0.15, -0.1) is 0 Å². The van der Waals surface area contributed by atoms with E-state index in [1.54, 1.807) is 6.20 Å². The first-order valence-electron chi connectivity index (χ1n) is 3.55. The van der Waals surface area contributed by atoms with Gasteiger partial charge in [0.25, 0.3) is 0 Å². The van der Waals surface area contributed by atoms with Crippen molar-refractivity contribution in [1.29, 1.82) is 0 Å². The highest BCUT2D eigenvalue weighted by atomic mass is 15.3. The summed E-state index contributed by atoms with van der Waals surface area (Å²) in [6.45, 7) is 4.04. The molecule has 0 atom stereocenters. The molecule has 0 unspecified atom stereocenters. The van der Waals surface area contributed by atoms with Gasteiger partial charge in [0.1, 0.15) is 0 Å². The summed E-state index contributed by atoms with van der Waals surface area (Å²) >= 11 is 0. The van der Waals surface area contributed by atoms with Crippen LogP contribution in [-0.4, -0.2) is 4.68 Å². The van der Waals surface area contributed by atoms with E-state index >= 15 is 0 Å².